The van der Waals surface area contributed by atoms with Crippen LogP contribution >= 0.6 is 0 Å². The number of nitrogens with zero attached hydrogens (tertiary/aromatic N) is 1. The van der Waals surface area contributed by atoms with Crippen molar-refractivity contribution >= 4 is 49.6 Å². The summed E-state index contributed by atoms with van der Waals surface area (Å²) in [5, 5.41) is 5.00. The predicted octanol–water partition coefficient (Wildman–Crippen LogP) is 14.6. The molecule has 10 rings (SSSR count). The number of hydrogen-bond donors (Lipinski definition) is 1. The van der Waals surface area contributed by atoms with Crippen molar-refractivity contribution in [2.45, 2.75) is 0 Å². The number of hydrogen-bond acceptors (Lipinski definition) is 1. The van der Waals surface area contributed by atoms with Gasteiger partial charge in [0.25, 0.3) is 0 Å². The van der Waals surface area contributed by atoms with Crippen molar-refractivity contribution in [1.82, 2.24) is 4.98 Å². The second-order valence-corrected chi connectivity index (χ2v) is 13.4. The largest absolute Gasteiger partial charge is 0.354 e. The van der Waals surface area contributed by atoms with Gasteiger partial charge in [0, 0.05) is 38.8 Å². The minimum absolute atomic E-state index is 1.11. The Morgan fingerprint density at radius 1 is 0.296 bits per heavy atom. The lowest BCUT2D eigenvalue weighted by molar-refractivity contribution is 1.28. The first-order chi connectivity index (χ1) is 26.8. The van der Waals surface area contributed by atoms with Gasteiger partial charge in [-0.05, 0) is 69.4 Å². The lowest BCUT2D eigenvalue weighted by Gasteiger charge is -2.28. The molecule has 0 saturated heterocycles. The molecule has 1 heterocycles. The highest BCUT2D eigenvalue weighted by atomic mass is 15.1. The molecule has 2 heteroatoms. The molecular weight excluding hydrogens is 653 g/mol. The molecule has 10 aromatic rings. The normalized spacial score (nSPS) is 11.0. The van der Waals surface area contributed by atoms with Crippen LogP contribution in [-0.4, -0.2) is 4.98 Å². The van der Waals surface area contributed by atoms with Crippen LogP contribution in [-0.2, 0) is 0 Å². The van der Waals surface area contributed by atoms with Crippen LogP contribution in [0.4, 0.5) is 17.1 Å². The fourth-order valence-electron chi connectivity index (χ4n) is 7.53. The number of aromatic amines is 1. The van der Waals surface area contributed by atoms with Crippen LogP contribution in [0.15, 0.2) is 224 Å². The average Bonchev–Trinajstić information content (AvgIpc) is 3.65. The lowest BCUT2D eigenvalue weighted by atomic mass is 9.96. The number of aromatic nitrogens is 1. The van der Waals surface area contributed by atoms with Gasteiger partial charge in [-0.15, -0.1) is 0 Å². The van der Waals surface area contributed by atoms with Gasteiger partial charge in [-0.1, -0.05) is 188 Å². The molecular formula is C52H38N2. The highest BCUT2D eigenvalue weighted by Gasteiger charge is 2.18. The maximum atomic E-state index is 3.66. The SMILES string of the molecule is c1ccc(-c2ccccc2)cc1.c1ccc(N(c2ccc(-c3cccc4c3[nH]c3ccccc34)cc2)c2ccccc2-c2cccc3ccccc23)cc1. The predicted molar refractivity (Wildman–Crippen MR) is 231 cm³/mol. The molecule has 1 aromatic heterocycles. The first kappa shape index (κ1) is 32.7. The third-order valence-electron chi connectivity index (χ3n) is 10.1. The Labute approximate surface area is 316 Å². The second kappa shape index (κ2) is 14.8. The van der Waals surface area contributed by atoms with Crippen molar-refractivity contribution in [1.29, 1.82) is 0 Å². The molecule has 9 aromatic carbocycles. The van der Waals surface area contributed by atoms with E-state index in [2.05, 4.69) is 222 Å². The molecule has 54 heavy (non-hydrogen) atoms. The van der Waals surface area contributed by atoms with Crippen LogP contribution in [0.3, 0.4) is 0 Å². The Hall–Kier alpha value is -7.16. The Kier molecular flexibility index (Phi) is 8.99. The molecule has 0 aliphatic heterocycles. The average molecular weight is 691 g/mol. The molecule has 0 unspecified atom stereocenters. The minimum Gasteiger partial charge on any atom is -0.354 e. The van der Waals surface area contributed by atoms with Gasteiger partial charge in [0.2, 0.25) is 0 Å². The maximum absolute atomic E-state index is 3.66. The van der Waals surface area contributed by atoms with E-state index in [4.69, 9.17) is 0 Å². The lowest BCUT2D eigenvalue weighted by Crippen LogP contribution is -2.11. The van der Waals surface area contributed by atoms with Gasteiger partial charge in [0.05, 0.1) is 11.2 Å². The van der Waals surface area contributed by atoms with E-state index in [1.54, 1.807) is 0 Å². The first-order valence-corrected chi connectivity index (χ1v) is 18.4. The second-order valence-electron chi connectivity index (χ2n) is 13.4. The fourth-order valence-corrected chi connectivity index (χ4v) is 7.53. The Morgan fingerprint density at radius 2 is 0.796 bits per heavy atom. The van der Waals surface area contributed by atoms with Crippen molar-refractivity contribution in [2.75, 3.05) is 4.90 Å². The van der Waals surface area contributed by atoms with E-state index in [1.807, 2.05) is 12.1 Å². The molecule has 0 aliphatic carbocycles. The van der Waals surface area contributed by atoms with Gasteiger partial charge < -0.3 is 9.88 Å². The number of anilines is 3. The van der Waals surface area contributed by atoms with Crippen molar-refractivity contribution in [2.24, 2.45) is 0 Å². The molecule has 2 nitrogen and oxygen atoms in total. The molecule has 0 atom stereocenters. The van der Waals surface area contributed by atoms with Gasteiger partial charge in [-0.3, -0.25) is 0 Å². The summed E-state index contributed by atoms with van der Waals surface area (Å²) >= 11 is 0. The third kappa shape index (κ3) is 6.42. The van der Waals surface area contributed by atoms with E-state index in [0.29, 0.717) is 0 Å². The van der Waals surface area contributed by atoms with Crippen LogP contribution < -0.4 is 4.90 Å². The van der Waals surface area contributed by atoms with Crippen molar-refractivity contribution < 1.29 is 0 Å². The van der Waals surface area contributed by atoms with Crippen LogP contribution in [0.2, 0.25) is 0 Å². The molecule has 0 bridgehead atoms. The highest BCUT2D eigenvalue weighted by Crippen LogP contribution is 2.43. The quantitative estimate of drug-likeness (QED) is 0.184. The van der Waals surface area contributed by atoms with Crippen molar-refractivity contribution in [3.05, 3.63) is 224 Å². The number of nitrogens with one attached hydrogen (secondary N) is 1. The monoisotopic (exact) mass is 690 g/mol. The third-order valence-corrected chi connectivity index (χ3v) is 10.1. The number of fused-ring (bicyclic) bond motifs is 4. The molecule has 1 N–H and O–H groups in total. The van der Waals surface area contributed by atoms with E-state index in [-0.39, 0.29) is 0 Å². The van der Waals surface area contributed by atoms with Crippen LogP contribution in [0.25, 0.3) is 66.0 Å². The van der Waals surface area contributed by atoms with Gasteiger partial charge in [0.1, 0.15) is 0 Å². The fraction of sp³-hybridized carbons (Fsp3) is 0. The first-order valence-electron chi connectivity index (χ1n) is 18.4. The Bertz CT molecular complexity index is 2760. The van der Waals surface area contributed by atoms with E-state index in [1.165, 1.54) is 60.4 Å². The summed E-state index contributed by atoms with van der Waals surface area (Å²) in [6, 6.07) is 79.4. The summed E-state index contributed by atoms with van der Waals surface area (Å²) in [4.78, 5) is 6.03. The van der Waals surface area contributed by atoms with Gasteiger partial charge >= 0.3 is 0 Å². The highest BCUT2D eigenvalue weighted by molar-refractivity contribution is 6.12. The summed E-state index contributed by atoms with van der Waals surface area (Å²) in [6.45, 7) is 0. The molecule has 256 valence electrons. The summed E-state index contributed by atoms with van der Waals surface area (Å²) < 4.78 is 0. The van der Waals surface area contributed by atoms with Gasteiger partial charge in [-0.2, -0.15) is 0 Å². The molecule has 0 amide bonds. The summed E-state index contributed by atoms with van der Waals surface area (Å²) in [6.07, 6.45) is 0. The van der Waals surface area contributed by atoms with Gasteiger partial charge in [-0.25, -0.2) is 0 Å². The van der Waals surface area contributed by atoms with E-state index < -0.39 is 0 Å². The molecule has 0 fully saturated rings. The topological polar surface area (TPSA) is 19.0 Å². The minimum atomic E-state index is 1.11. The molecule has 0 saturated carbocycles. The summed E-state index contributed by atoms with van der Waals surface area (Å²) in [5.41, 5.74) is 13.1. The van der Waals surface area contributed by atoms with Crippen LogP contribution in [0, 0.1) is 0 Å². The Balaban J connectivity index is 0.000000272. The van der Waals surface area contributed by atoms with E-state index >= 15 is 0 Å². The van der Waals surface area contributed by atoms with Crippen molar-refractivity contribution in [3.63, 3.8) is 0 Å². The zero-order valence-corrected chi connectivity index (χ0v) is 29.8. The zero-order chi connectivity index (χ0) is 36.1. The van der Waals surface area contributed by atoms with Crippen molar-refractivity contribution in [3.8, 4) is 33.4 Å². The standard InChI is InChI=1S/C40H28N2.C12H10/c1-2-14-30(15-3-1)42(39-23-9-7-18-36(39)34-20-10-13-28-12-4-5-16-32(28)34)31-26-24-29(25-27-31)33-19-11-21-37-35-17-6-8-22-38(35)41-40(33)37;1-3-7-11(8-4-1)12-9-5-2-6-10-12/h1-27,41H;1-10H. The molecule has 0 radical (unpaired) electrons. The maximum Gasteiger partial charge on any atom is 0.0544 e. The van der Waals surface area contributed by atoms with E-state index in [0.717, 1.165) is 22.6 Å². The molecule has 0 spiro atoms. The van der Waals surface area contributed by atoms with Crippen LogP contribution in [0.5, 0.6) is 0 Å². The van der Waals surface area contributed by atoms with E-state index in [9.17, 15) is 0 Å². The molecule has 0 aliphatic rings. The summed E-state index contributed by atoms with van der Waals surface area (Å²) in [5.74, 6) is 0. The number of para-hydroxylation sites is 4. The number of rotatable bonds is 6. The van der Waals surface area contributed by atoms with Crippen LogP contribution in [0.1, 0.15) is 0 Å². The Morgan fingerprint density at radius 3 is 1.54 bits per heavy atom. The number of H-pyrrole nitrogens is 1. The van der Waals surface area contributed by atoms with Gasteiger partial charge in [0.15, 0.2) is 0 Å². The number of benzene rings is 9. The summed E-state index contributed by atoms with van der Waals surface area (Å²) in [7, 11) is 0. The smallest absolute Gasteiger partial charge is 0.0544 e. The zero-order valence-electron chi connectivity index (χ0n) is 29.8.